The van der Waals surface area contributed by atoms with Crippen LogP contribution in [-0.4, -0.2) is 32.1 Å². The molecule has 124 valence electrons. The van der Waals surface area contributed by atoms with Gasteiger partial charge in [0, 0.05) is 5.56 Å². The van der Waals surface area contributed by atoms with Gasteiger partial charge in [-0.25, -0.2) is 4.79 Å². The normalized spacial score (nSPS) is 16.2. The molecule has 24 heavy (non-hydrogen) atoms. The average Bonchev–Trinajstić information content (AvgIpc) is 2.63. The number of hydrogen-bond donors (Lipinski definition) is 0. The Bertz CT molecular complexity index is 781. The van der Waals surface area contributed by atoms with Crippen molar-refractivity contribution in [1.82, 2.24) is 0 Å². The molecule has 0 radical (unpaired) electrons. The van der Waals surface area contributed by atoms with E-state index in [4.69, 9.17) is 14.2 Å². The molecule has 0 aliphatic heterocycles. The van der Waals surface area contributed by atoms with Crippen LogP contribution in [0.15, 0.2) is 42.5 Å². The Kier molecular flexibility index (Phi) is 4.51. The molecule has 5 nitrogen and oxygen atoms in total. The Hall–Kier alpha value is -2.82. The fraction of sp³-hybridized carbons (Fsp3) is 0.263. The number of carbonyl (C=O) groups excluding carboxylic acids is 2. The van der Waals surface area contributed by atoms with Crippen molar-refractivity contribution in [3.8, 4) is 11.5 Å². The van der Waals surface area contributed by atoms with Crippen LogP contribution in [0.5, 0.6) is 11.5 Å². The first kappa shape index (κ1) is 16.1. The van der Waals surface area contributed by atoms with Gasteiger partial charge in [-0.2, -0.15) is 0 Å². The van der Waals surface area contributed by atoms with Crippen LogP contribution in [-0.2, 0) is 11.2 Å². The highest BCUT2D eigenvalue weighted by Gasteiger charge is 2.30. The third-order valence-electron chi connectivity index (χ3n) is 4.12. The summed E-state index contributed by atoms with van der Waals surface area (Å²) in [5.74, 6) is 0.267. The second-order valence-corrected chi connectivity index (χ2v) is 5.52. The maximum atomic E-state index is 12.5. The average molecular weight is 326 g/mol. The summed E-state index contributed by atoms with van der Waals surface area (Å²) in [6.07, 6.45) is 0.459. The maximum absolute atomic E-state index is 12.5. The number of esters is 1. The molecule has 1 atom stereocenters. The molecule has 0 unspecified atom stereocenters. The van der Waals surface area contributed by atoms with E-state index in [1.165, 1.54) is 14.2 Å². The van der Waals surface area contributed by atoms with Gasteiger partial charge in [0.05, 0.1) is 19.8 Å². The smallest absolute Gasteiger partial charge is 0.338 e. The molecule has 0 bridgehead atoms. The number of ketones is 1. The third-order valence-corrected chi connectivity index (χ3v) is 4.12. The summed E-state index contributed by atoms with van der Waals surface area (Å²) in [7, 11) is 3.02. The Morgan fingerprint density at radius 3 is 2.54 bits per heavy atom. The minimum Gasteiger partial charge on any atom is -0.493 e. The van der Waals surface area contributed by atoms with Crippen molar-refractivity contribution >= 4 is 11.8 Å². The van der Waals surface area contributed by atoms with Gasteiger partial charge in [0.2, 0.25) is 5.78 Å². The highest BCUT2D eigenvalue weighted by atomic mass is 16.5. The molecule has 0 amide bonds. The number of rotatable bonds is 4. The van der Waals surface area contributed by atoms with E-state index in [-0.39, 0.29) is 5.78 Å². The van der Waals surface area contributed by atoms with Gasteiger partial charge in [0.15, 0.2) is 17.6 Å². The fourth-order valence-electron chi connectivity index (χ4n) is 2.84. The van der Waals surface area contributed by atoms with Crippen molar-refractivity contribution in [2.45, 2.75) is 18.9 Å². The zero-order chi connectivity index (χ0) is 17.1. The first-order valence-corrected chi connectivity index (χ1v) is 7.69. The van der Waals surface area contributed by atoms with Crippen molar-refractivity contribution in [2.24, 2.45) is 0 Å². The van der Waals surface area contributed by atoms with E-state index in [2.05, 4.69) is 0 Å². The number of hydrogen-bond acceptors (Lipinski definition) is 5. The second kappa shape index (κ2) is 6.74. The Labute approximate surface area is 140 Å². The number of benzene rings is 2. The lowest BCUT2D eigenvalue weighted by atomic mass is 9.89. The van der Waals surface area contributed by atoms with Crippen LogP contribution in [0.4, 0.5) is 0 Å². The van der Waals surface area contributed by atoms with Gasteiger partial charge >= 0.3 is 5.97 Å². The van der Waals surface area contributed by atoms with Crippen LogP contribution in [0.3, 0.4) is 0 Å². The Morgan fingerprint density at radius 1 is 1.04 bits per heavy atom. The van der Waals surface area contributed by atoms with Crippen molar-refractivity contribution in [3.05, 3.63) is 59.2 Å². The molecule has 2 aromatic carbocycles. The summed E-state index contributed by atoms with van der Waals surface area (Å²) in [6.45, 7) is 0. The van der Waals surface area contributed by atoms with Gasteiger partial charge in [0.25, 0.3) is 0 Å². The highest BCUT2D eigenvalue weighted by molar-refractivity contribution is 6.03. The highest BCUT2D eigenvalue weighted by Crippen LogP contribution is 2.29. The lowest BCUT2D eigenvalue weighted by Gasteiger charge is -2.23. The lowest BCUT2D eigenvalue weighted by molar-refractivity contribution is 0.0257. The van der Waals surface area contributed by atoms with E-state index >= 15 is 0 Å². The molecule has 0 N–H and O–H groups in total. The summed E-state index contributed by atoms with van der Waals surface area (Å²) < 4.78 is 15.8. The van der Waals surface area contributed by atoms with Crippen molar-refractivity contribution < 1.29 is 23.8 Å². The monoisotopic (exact) mass is 326 g/mol. The Morgan fingerprint density at radius 2 is 1.79 bits per heavy atom. The zero-order valence-corrected chi connectivity index (χ0v) is 13.6. The standard InChI is InChI=1S/C19H18O5/c1-22-15-9-8-13(11-17(15)23-2)19(21)24-16-10-7-12-5-3-4-6-14(12)18(16)20/h3-6,8-9,11,16H,7,10H2,1-2H3/t16-/m1/s1. The number of Topliss-reactive ketones (excluding diaryl/α,β-unsaturated/α-hetero) is 1. The van der Waals surface area contributed by atoms with Gasteiger partial charge in [-0.15, -0.1) is 0 Å². The predicted octanol–water partition coefficient (Wildman–Crippen LogP) is 3.06. The molecular formula is C19H18O5. The van der Waals surface area contributed by atoms with Crippen molar-refractivity contribution in [3.63, 3.8) is 0 Å². The second-order valence-electron chi connectivity index (χ2n) is 5.52. The van der Waals surface area contributed by atoms with Crippen LogP contribution in [0, 0.1) is 0 Å². The van der Waals surface area contributed by atoms with E-state index in [0.29, 0.717) is 35.5 Å². The van der Waals surface area contributed by atoms with E-state index < -0.39 is 12.1 Å². The molecule has 0 heterocycles. The van der Waals surface area contributed by atoms with Gasteiger partial charge in [-0.3, -0.25) is 4.79 Å². The molecule has 0 saturated carbocycles. The Balaban J connectivity index is 1.77. The fourth-order valence-corrected chi connectivity index (χ4v) is 2.84. The molecule has 0 fully saturated rings. The number of aryl methyl sites for hydroxylation is 1. The third kappa shape index (κ3) is 2.97. The first-order chi connectivity index (χ1) is 11.6. The number of carbonyl (C=O) groups is 2. The molecule has 2 aromatic rings. The zero-order valence-electron chi connectivity index (χ0n) is 13.6. The molecule has 0 saturated heterocycles. The van der Waals surface area contributed by atoms with E-state index in [1.54, 1.807) is 24.3 Å². The van der Waals surface area contributed by atoms with Gasteiger partial charge in [-0.1, -0.05) is 24.3 Å². The van der Waals surface area contributed by atoms with Crippen LogP contribution in [0.1, 0.15) is 32.7 Å². The minimum absolute atomic E-state index is 0.148. The van der Waals surface area contributed by atoms with E-state index in [0.717, 1.165) is 5.56 Å². The molecule has 1 aliphatic rings. The summed E-state index contributed by atoms with van der Waals surface area (Å²) in [5.41, 5.74) is 1.95. The van der Waals surface area contributed by atoms with E-state index in [1.807, 2.05) is 18.2 Å². The van der Waals surface area contributed by atoms with Crippen molar-refractivity contribution in [1.29, 1.82) is 0 Å². The van der Waals surface area contributed by atoms with Crippen molar-refractivity contribution in [2.75, 3.05) is 14.2 Å². The topological polar surface area (TPSA) is 61.8 Å². The maximum Gasteiger partial charge on any atom is 0.338 e. The molecule has 5 heteroatoms. The van der Waals surface area contributed by atoms with Crippen LogP contribution in [0.25, 0.3) is 0 Å². The summed E-state index contributed by atoms with van der Waals surface area (Å²) in [4.78, 5) is 24.9. The molecule has 0 spiro atoms. The van der Waals surface area contributed by atoms with Gasteiger partial charge in [-0.05, 0) is 36.6 Å². The summed E-state index contributed by atoms with van der Waals surface area (Å²) in [6, 6.07) is 12.2. The minimum atomic E-state index is -0.750. The molecule has 1 aliphatic carbocycles. The van der Waals surface area contributed by atoms with Gasteiger partial charge in [0.1, 0.15) is 0 Å². The SMILES string of the molecule is COc1ccc(C(=O)O[C@@H]2CCc3ccccc3C2=O)cc1OC. The predicted molar refractivity (Wildman–Crippen MR) is 87.8 cm³/mol. The molecule has 3 rings (SSSR count). The number of fused-ring (bicyclic) bond motifs is 1. The number of ether oxygens (including phenoxy) is 3. The van der Waals surface area contributed by atoms with Crippen LogP contribution < -0.4 is 9.47 Å². The quantitative estimate of drug-likeness (QED) is 0.808. The van der Waals surface area contributed by atoms with E-state index in [9.17, 15) is 9.59 Å². The van der Waals surface area contributed by atoms with Gasteiger partial charge < -0.3 is 14.2 Å². The van der Waals surface area contributed by atoms with Crippen LogP contribution in [0.2, 0.25) is 0 Å². The number of methoxy groups -OCH3 is 2. The summed E-state index contributed by atoms with van der Waals surface area (Å²) >= 11 is 0. The molecular weight excluding hydrogens is 308 g/mol. The largest absolute Gasteiger partial charge is 0.493 e. The first-order valence-electron chi connectivity index (χ1n) is 7.69. The summed E-state index contributed by atoms with van der Waals surface area (Å²) in [5, 5.41) is 0. The lowest BCUT2D eigenvalue weighted by Crippen LogP contribution is -2.32. The molecule has 0 aromatic heterocycles. The van der Waals surface area contributed by atoms with Crippen LogP contribution >= 0.6 is 0 Å².